The number of ether oxygens (including phenoxy) is 2. The SMILES string of the molecule is COc1ccc(OCC(C)NC(=O)C(c2ccccc2)N(C)S(C)(=O)=O)cc1. The molecule has 0 saturated heterocycles. The smallest absolute Gasteiger partial charge is 0.243 e. The second kappa shape index (κ2) is 9.57. The van der Waals surface area contributed by atoms with E-state index in [1.165, 1.54) is 7.05 Å². The van der Waals surface area contributed by atoms with Crippen molar-refractivity contribution in [1.82, 2.24) is 9.62 Å². The fraction of sp³-hybridized carbons (Fsp3) is 0.350. The number of amides is 1. The van der Waals surface area contributed by atoms with Crippen LogP contribution in [0.15, 0.2) is 54.6 Å². The summed E-state index contributed by atoms with van der Waals surface area (Å²) in [7, 11) is -0.582. The molecule has 2 aromatic rings. The van der Waals surface area contributed by atoms with Crippen LogP contribution >= 0.6 is 0 Å². The lowest BCUT2D eigenvalue weighted by molar-refractivity contribution is -0.125. The first-order valence-corrected chi connectivity index (χ1v) is 10.6. The Balaban J connectivity index is 2.05. The normalized spacial score (nSPS) is 13.6. The van der Waals surface area contributed by atoms with Gasteiger partial charge in [-0.1, -0.05) is 30.3 Å². The van der Waals surface area contributed by atoms with Crippen molar-refractivity contribution in [2.24, 2.45) is 0 Å². The van der Waals surface area contributed by atoms with E-state index in [9.17, 15) is 13.2 Å². The minimum atomic E-state index is -3.56. The van der Waals surface area contributed by atoms with E-state index in [2.05, 4.69) is 5.32 Å². The maximum absolute atomic E-state index is 12.8. The molecule has 152 valence electrons. The Kier molecular flexibility index (Phi) is 7.42. The zero-order valence-corrected chi connectivity index (χ0v) is 17.3. The van der Waals surface area contributed by atoms with Gasteiger partial charge in [-0.05, 0) is 36.8 Å². The number of rotatable bonds is 9. The van der Waals surface area contributed by atoms with Gasteiger partial charge in [-0.25, -0.2) is 8.42 Å². The lowest BCUT2D eigenvalue weighted by Gasteiger charge is -2.27. The molecule has 0 aliphatic heterocycles. The minimum absolute atomic E-state index is 0.238. The monoisotopic (exact) mass is 406 g/mol. The molecule has 2 rings (SSSR count). The van der Waals surface area contributed by atoms with Crippen LogP contribution < -0.4 is 14.8 Å². The van der Waals surface area contributed by atoms with Gasteiger partial charge in [0.1, 0.15) is 24.1 Å². The summed E-state index contributed by atoms with van der Waals surface area (Å²) in [6, 6.07) is 14.6. The fourth-order valence-electron chi connectivity index (χ4n) is 2.61. The van der Waals surface area contributed by atoms with E-state index in [1.807, 2.05) is 6.07 Å². The molecule has 7 nitrogen and oxygen atoms in total. The number of carbonyl (C=O) groups excluding carboxylic acids is 1. The number of nitrogens with zero attached hydrogens (tertiary/aromatic N) is 1. The average Bonchev–Trinajstić information content (AvgIpc) is 2.67. The van der Waals surface area contributed by atoms with E-state index in [1.54, 1.807) is 62.6 Å². The molecule has 0 bridgehead atoms. The van der Waals surface area contributed by atoms with Gasteiger partial charge in [0.2, 0.25) is 15.9 Å². The van der Waals surface area contributed by atoms with E-state index < -0.39 is 22.0 Å². The van der Waals surface area contributed by atoms with Crippen molar-refractivity contribution in [3.05, 3.63) is 60.2 Å². The molecule has 1 amide bonds. The number of carbonyl (C=O) groups is 1. The van der Waals surface area contributed by atoms with Crippen LogP contribution in [0.2, 0.25) is 0 Å². The highest BCUT2D eigenvalue weighted by Crippen LogP contribution is 2.22. The van der Waals surface area contributed by atoms with Gasteiger partial charge in [-0.3, -0.25) is 4.79 Å². The molecule has 1 N–H and O–H groups in total. The van der Waals surface area contributed by atoms with Gasteiger partial charge in [0.05, 0.1) is 19.4 Å². The largest absolute Gasteiger partial charge is 0.497 e. The third kappa shape index (κ3) is 5.97. The van der Waals surface area contributed by atoms with Gasteiger partial charge >= 0.3 is 0 Å². The number of hydrogen-bond acceptors (Lipinski definition) is 5. The van der Waals surface area contributed by atoms with E-state index in [4.69, 9.17) is 9.47 Å². The lowest BCUT2D eigenvalue weighted by atomic mass is 10.1. The van der Waals surface area contributed by atoms with Crippen LogP contribution in [0.3, 0.4) is 0 Å². The number of benzene rings is 2. The van der Waals surface area contributed by atoms with Gasteiger partial charge in [0.15, 0.2) is 0 Å². The highest BCUT2D eigenvalue weighted by molar-refractivity contribution is 7.88. The quantitative estimate of drug-likeness (QED) is 0.690. The van der Waals surface area contributed by atoms with Crippen molar-refractivity contribution in [1.29, 1.82) is 0 Å². The second-order valence-electron chi connectivity index (χ2n) is 6.49. The first-order chi connectivity index (χ1) is 13.2. The summed E-state index contributed by atoms with van der Waals surface area (Å²) in [6.07, 6.45) is 1.08. The molecule has 0 fully saturated rings. The predicted octanol–water partition coefficient (Wildman–Crippen LogP) is 2.21. The van der Waals surface area contributed by atoms with Gasteiger partial charge in [0.25, 0.3) is 0 Å². The van der Waals surface area contributed by atoms with Gasteiger partial charge < -0.3 is 14.8 Å². The number of methoxy groups -OCH3 is 1. The van der Waals surface area contributed by atoms with Crippen LogP contribution in [0.5, 0.6) is 11.5 Å². The summed E-state index contributed by atoms with van der Waals surface area (Å²) in [5.41, 5.74) is 0.594. The number of hydrogen-bond donors (Lipinski definition) is 1. The van der Waals surface area contributed by atoms with E-state index in [-0.39, 0.29) is 12.6 Å². The van der Waals surface area contributed by atoms with Crippen LogP contribution in [0.1, 0.15) is 18.5 Å². The third-order valence-electron chi connectivity index (χ3n) is 4.20. The van der Waals surface area contributed by atoms with E-state index in [0.29, 0.717) is 11.3 Å². The molecule has 0 heterocycles. The molecule has 0 saturated carbocycles. The maximum Gasteiger partial charge on any atom is 0.243 e. The highest BCUT2D eigenvalue weighted by Gasteiger charge is 2.31. The molecule has 2 atom stereocenters. The lowest BCUT2D eigenvalue weighted by Crippen LogP contribution is -2.45. The number of sulfonamides is 1. The third-order valence-corrected chi connectivity index (χ3v) is 5.46. The molecule has 0 aliphatic rings. The summed E-state index contributed by atoms with van der Waals surface area (Å²) < 4.78 is 35.9. The highest BCUT2D eigenvalue weighted by atomic mass is 32.2. The summed E-state index contributed by atoms with van der Waals surface area (Å²) in [6.45, 7) is 2.03. The zero-order chi connectivity index (χ0) is 20.7. The molecule has 0 radical (unpaired) electrons. The summed E-state index contributed by atoms with van der Waals surface area (Å²) >= 11 is 0. The first-order valence-electron chi connectivity index (χ1n) is 8.77. The van der Waals surface area contributed by atoms with Crippen molar-refractivity contribution in [2.75, 3.05) is 27.0 Å². The second-order valence-corrected chi connectivity index (χ2v) is 8.53. The molecular formula is C20H26N2O5S. The molecule has 2 unspecified atom stereocenters. The van der Waals surface area contributed by atoms with Gasteiger partial charge in [-0.2, -0.15) is 4.31 Å². The Hall–Kier alpha value is -2.58. The summed E-state index contributed by atoms with van der Waals surface area (Å²) in [5, 5.41) is 2.83. The molecule has 0 aromatic heterocycles. The zero-order valence-electron chi connectivity index (χ0n) is 16.5. The Morgan fingerprint density at radius 1 is 1.07 bits per heavy atom. The standard InChI is InChI=1S/C20H26N2O5S/c1-15(14-27-18-12-10-17(26-3)11-13-18)21-20(23)19(22(2)28(4,24)25)16-8-6-5-7-9-16/h5-13,15,19H,14H2,1-4H3,(H,21,23). The Labute approximate surface area is 166 Å². The van der Waals surface area contributed by atoms with Crippen LogP contribution in [-0.2, 0) is 14.8 Å². The molecule has 0 spiro atoms. The Bertz CT molecular complexity index is 869. The Morgan fingerprint density at radius 2 is 1.64 bits per heavy atom. The summed E-state index contributed by atoms with van der Waals surface area (Å²) in [5.74, 6) is 0.961. The van der Waals surface area contributed by atoms with Crippen LogP contribution in [0.4, 0.5) is 0 Å². The van der Waals surface area contributed by atoms with Crippen molar-refractivity contribution in [3.63, 3.8) is 0 Å². The van der Waals surface area contributed by atoms with Crippen molar-refractivity contribution < 1.29 is 22.7 Å². The van der Waals surface area contributed by atoms with Gasteiger partial charge in [-0.15, -0.1) is 0 Å². The first kappa shape index (κ1) is 21.7. The molecular weight excluding hydrogens is 380 g/mol. The van der Waals surface area contributed by atoms with Crippen molar-refractivity contribution in [2.45, 2.75) is 19.0 Å². The molecule has 8 heteroatoms. The Morgan fingerprint density at radius 3 is 2.18 bits per heavy atom. The van der Waals surface area contributed by atoms with Gasteiger partial charge in [0, 0.05) is 7.05 Å². The van der Waals surface area contributed by atoms with Crippen molar-refractivity contribution >= 4 is 15.9 Å². The fourth-order valence-corrected chi connectivity index (χ4v) is 3.21. The van der Waals surface area contributed by atoms with E-state index >= 15 is 0 Å². The topological polar surface area (TPSA) is 84.9 Å². The summed E-state index contributed by atoms with van der Waals surface area (Å²) in [4.78, 5) is 12.8. The van der Waals surface area contributed by atoms with Crippen LogP contribution in [0.25, 0.3) is 0 Å². The van der Waals surface area contributed by atoms with Crippen LogP contribution in [-0.4, -0.2) is 51.7 Å². The molecule has 28 heavy (non-hydrogen) atoms. The average molecular weight is 407 g/mol. The molecule has 2 aromatic carbocycles. The number of likely N-dealkylation sites (N-methyl/N-ethyl adjacent to an activating group) is 1. The number of nitrogens with one attached hydrogen (secondary N) is 1. The molecule has 0 aliphatic carbocycles. The van der Waals surface area contributed by atoms with E-state index in [0.717, 1.165) is 16.3 Å². The predicted molar refractivity (Wildman–Crippen MR) is 108 cm³/mol. The maximum atomic E-state index is 12.8. The minimum Gasteiger partial charge on any atom is -0.497 e. The van der Waals surface area contributed by atoms with Crippen molar-refractivity contribution in [3.8, 4) is 11.5 Å². The van der Waals surface area contributed by atoms with Crippen LogP contribution in [0, 0.1) is 0 Å².